The van der Waals surface area contributed by atoms with Gasteiger partial charge in [-0.2, -0.15) is 8.42 Å². The first kappa shape index (κ1) is 16.6. The third kappa shape index (κ3) is 3.35. The van der Waals surface area contributed by atoms with Crippen LogP contribution in [0.4, 0.5) is 0 Å². The second kappa shape index (κ2) is 5.78. The van der Waals surface area contributed by atoms with Gasteiger partial charge in [-0.15, -0.1) is 5.06 Å². The average Bonchev–Trinajstić information content (AvgIpc) is 2.75. The Morgan fingerprint density at radius 2 is 1.65 bits per heavy atom. The molecule has 1 atom stereocenters. The first-order chi connectivity index (χ1) is 10.6. The van der Waals surface area contributed by atoms with Crippen molar-refractivity contribution in [1.29, 1.82) is 0 Å². The summed E-state index contributed by atoms with van der Waals surface area (Å²) in [6, 6.07) is 4.40. The fourth-order valence-corrected chi connectivity index (χ4v) is 2.50. The summed E-state index contributed by atoms with van der Waals surface area (Å²) in [5.41, 5.74) is -0.257. The van der Waals surface area contributed by atoms with Crippen LogP contribution in [0.25, 0.3) is 0 Å². The van der Waals surface area contributed by atoms with Gasteiger partial charge in [0.2, 0.25) is 0 Å². The molecule has 0 bridgehead atoms. The summed E-state index contributed by atoms with van der Waals surface area (Å²) in [7, 11) is -4.80. The minimum absolute atomic E-state index is 0.0358. The summed E-state index contributed by atoms with van der Waals surface area (Å²) < 4.78 is 30.7. The van der Waals surface area contributed by atoms with Gasteiger partial charge in [-0.05, 0) is 24.3 Å². The Morgan fingerprint density at radius 1 is 1.13 bits per heavy atom. The Morgan fingerprint density at radius 3 is 2.09 bits per heavy atom. The minimum atomic E-state index is -4.80. The topological polar surface area (TPSA) is 155 Å². The van der Waals surface area contributed by atoms with E-state index in [-0.39, 0.29) is 16.2 Å². The van der Waals surface area contributed by atoms with Crippen LogP contribution in [0.1, 0.15) is 27.1 Å². The predicted molar refractivity (Wildman–Crippen MR) is 70.6 cm³/mol. The molecule has 1 aliphatic rings. The van der Waals surface area contributed by atoms with E-state index >= 15 is 0 Å². The number of benzene rings is 1. The Hall–Kier alpha value is -2.79. The zero-order chi connectivity index (χ0) is 17.4. The lowest BCUT2D eigenvalue weighted by atomic mass is 10.1. The average molecular weight is 343 g/mol. The maximum atomic E-state index is 11.8. The van der Waals surface area contributed by atoms with E-state index in [0.29, 0.717) is 0 Å². The van der Waals surface area contributed by atoms with Crippen molar-refractivity contribution in [3.8, 4) is 0 Å². The van der Waals surface area contributed by atoms with Crippen molar-refractivity contribution >= 4 is 33.9 Å². The molecule has 2 rings (SSSR count). The van der Waals surface area contributed by atoms with Crippen molar-refractivity contribution in [2.45, 2.75) is 11.7 Å². The van der Waals surface area contributed by atoms with Crippen molar-refractivity contribution in [2.75, 3.05) is 0 Å². The highest BCUT2D eigenvalue weighted by atomic mass is 32.2. The third-order valence-electron chi connectivity index (χ3n) is 2.96. The van der Waals surface area contributed by atoms with Crippen LogP contribution in [0.15, 0.2) is 24.3 Å². The lowest BCUT2D eigenvalue weighted by molar-refractivity contribution is -0.172. The van der Waals surface area contributed by atoms with E-state index in [9.17, 15) is 27.6 Å². The summed E-state index contributed by atoms with van der Waals surface area (Å²) in [5.74, 6) is -4.87. The molecule has 1 unspecified atom stereocenters. The number of carbonyl (C=O) groups excluding carboxylic acids is 3. The molecular weight excluding hydrogens is 334 g/mol. The van der Waals surface area contributed by atoms with Gasteiger partial charge in [-0.25, -0.2) is 9.59 Å². The van der Waals surface area contributed by atoms with E-state index in [2.05, 4.69) is 4.84 Å². The smallest absolute Gasteiger partial charge is 0.363 e. The molecule has 2 N–H and O–H groups in total. The molecule has 0 spiro atoms. The van der Waals surface area contributed by atoms with Crippen LogP contribution in [0.2, 0.25) is 0 Å². The molecule has 0 aromatic heterocycles. The molecule has 2 amide bonds. The second-order valence-electron chi connectivity index (χ2n) is 4.50. The molecule has 0 aliphatic carbocycles. The van der Waals surface area contributed by atoms with Crippen molar-refractivity contribution in [3.63, 3.8) is 0 Å². The molecule has 1 aliphatic heterocycles. The highest BCUT2D eigenvalue weighted by Crippen LogP contribution is 2.20. The number of aromatic carboxylic acids is 1. The van der Waals surface area contributed by atoms with Crippen LogP contribution in [-0.4, -0.2) is 52.1 Å². The van der Waals surface area contributed by atoms with Gasteiger partial charge in [0.1, 0.15) is 0 Å². The second-order valence-corrected chi connectivity index (χ2v) is 6.09. The van der Waals surface area contributed by atoms with E-state index in [1.807, 2.05) is 0 Å². The maximum absolute atomic E-state index is 11.8. The lowest BCUT2D eigenvalue weighted by Gasteiger charge is -2.13. The minimum Gasteiger partial charge on any atom is -0.478 e. The van der Waals surface area contributed by atoms with Crippen LogP contribution in [0, 0.1) is 0 Å². The molecule has 1 heterocycles. The number of imide groups is 1. The van der Waals surface area contributed by atoms with E-state index in [0.717, 1.165) is 24.3 Å². The van der Waals surface area contributed by atoms with Crippen LogP contribution in [0.5, 0.6) is 0 Å². The monoisotopic (exact) mass is 343 g/mol. The quantitative estimate of drug-likeness (QED) is 0.542. The van der Waals surface area contributed by atoms with Crippen LogP contribution in [0.3, 0.4) is 0 Å². The predicted octanol–water partition coefficient (Wildman–Crippen LogP) is -0.528. The van der Waals surface area contributed by atoms with Crippen molar-refractivity contribution in [2.24, 2.45) is 0 Å². The molecule has 0 saturated carbocycles. The fourth-order valence-electron chi connectivity index (χ4n) is 1.80. The number of nitrogens with zero attached hydrogens (tertiary/aromatic N) is 1. The summed E-state index contributed by atoms with van der Waals surface area (Å²) in [6.07, 6.45) is -0.844. The van der Waals surface area contributed by atoms with Gasteiger partial charge in [0, 0.05) is 0 Å². The number of rotatable bonds is 4. The molecule has 23 heavy (non-hydrogen) atoms. The number of carboxylic acids is 1. The summed E-state index contributed by atoms with van der Waals surface area (Å²) in [6.45, 7) is 0. The van der Waals surface area contributed by atoms with Crippen LogP contribution in [-0.2, 0) is 24.5 Å². The van der Waals surface area contributed by atoms with E-state index < -0.39 is 45.5 Å². The van der Waals surface area contributed by atoms with Gasteiger partial charge in [0.05, 0.1) is 17.5 Å². The van der Waals surface area contributed by atoms with Gasteiger partial charge < -0.3 is 9.94 Å². The number of carbonyl (C=O) groups is 4. The van der Waals surface area contributed by atoms with Gasteiger partial charge in [-0.3, -0.25) is 14.1 Å². The lowest BCUT2D eigenvalue weighted by Crippen LogP contribution is -2.36. The van der Waals surface area contributed by atoms with Crippen LogP contribution >= 0.6 is 0 Å². The normalized spacial score (nSPS) is 18.1. The van der Waals surface area contributed by atoms with Crippen molar-refractivity contribution in [3.05, 3.63) is 35.4 Å². The van der Waals surface area contributed by atoms with Gasteiger partial charge in [-0.1, -0.05) is 0 Å². The Labute approximate surface area is 129 Å². The fraction of sp³-hybridized carbons (Fsp3) is 0.167. The zero-order valence-corrected chi connectivity index (χ0v) is 12.0. The largest absolute Gasteiger partial charge is 0.478 e. The summed E-state index contributed by atoms with van der Waals surface area (Å²) in [5, 5.41) is 6.67. The molecule has 10 nitrogen and oxygen atoms in total. The SMILES string of the molecule is O=C(O)c1ccc(C(=O)ON2C(=O)CC(S(=O)(=O)O)C2=O)cc1. The molecule has 122 valence electrons. The van der Waals surface area contributed by atoms with Crippen molar-refractivity contribution < 1.29 is 42.1 Å². The Kier molecular flexibility index (Phi) is 4.16. The Balaban J connectivity index is 2.15. The van der Waals surface area contributed by atoms with Crippen molar-refractivity contribution in [1.82, 2.24) is 5.06 Å². The van der Waals surface area contributed by atoms with E-state index in [1.165, 1.54) is 0 Å². The molecular formula is C12H9NO9S. The summed E-state index contributed by atoms with van der Waals surface area (Å²) in [4.78, 5) is 50.2. The number of hydrogen-bond acceptors (Lipinski definition) is 7. The zero-order valence-electron chi connectivity index (χ0n) is 11.2. The summed E-state index contributed by atoms with van der Waals surface area (Å²) >= 11 is 0. The number of hydrogen-bond donors (Lipinski definition) is 2. The van der Waals surface area contributed by atoms with Gasteiger partial charge >= 0.3 is 11.9 Å². The highest BCUT2D eigenvalue weighted by Gasteiger charge is 2.48. The molecule has 1 fully saturated rings. The standard InChI is InChI=1S/C12H9NO9S/c14-9-5-8(23(19,20)21)10(15)13(9)22-12(18)7-3-1-6(2-4-7)11(16)17/h1-4,8H,5H2,(H,16,17)(H,19,20,21). The van der Waals surface area contributed by atoms with E-state index in [1.54, 1.807) is 0 Å². The number of hydroxylamine groups is 2. The van der Waals surface area contributed by atoms with Gasteiger partial charge in [0.15, 0.2) is 5.25 Å². The molecule has 1 aromatic carbocycles. The molecule has 0 radical (unpaired) electrons. The molecule has 11 heteroatoms. The maximum Gasteiger partial charge on any atom is 0.363 e. The Bertz CT molecular complexity index is 796. The number of amides is 2. The van der Waals surface area contributed by atoms with E-state index in [4.69, 9.17) is 9.66 Å². The highest BCUT2D eigenvalue weighted by molar-refractivity contribution is 7.87. The van der Waals surface area contributed by atoms with Crippen LogP contribution < -0.4 is 0 Å². The molecule has 1 saturated heterocycles. The number of carboxylic acid groups (broad SMARTS) is 1. The van der Waals surface area contributed by atoms with Gasteiger partial charge in [0.25, 0.3) is 21.9 Å². The first-order valence-electron chi connectivity index (χ1n) is 6.00. The third-order valence-corrected chi connectivity index (χ3v) is 4.05. The first-order valence-corrected chi connectivity index (χ1v) is 7.50. The molecule has 1 aromatic rings.